The zero-order chi connectivity index (χ0) is 26.0. The SMILES string of the molecule is CN(c1ncc(C(F)(F)F)cc1Cl)N1C(=O)[C@H]2C([C@@]3(C)NC(=O)N(c4ccccc4)N3)=NO[C@@H]2C1=O. The number of para-hydroxylation sites is 1. The van der Waals surface area contributed by atoms with Crippen LogP contribution in [0.25, 0.3) is 0 Å². The molecule has 0 radical (unpaired) electrons. The van der Waals surface area contributed by atoms with Crippen LogP contribution in [0.1, 0.15) is 12.5 Å². The van der Waals surface area contributed by atoms with Gasteiger partial charge in [-0.2, -0.15) is 23.6 Å². The highest BCUT2D eigenvalue weighted by atomic mass is 35.5. The van der Waals surface area contributed by atoms with Gasteiger partial charge in [-0.1, -0.05) is 35.0 Å². The smallest absolute Gasteiger partial charge is 0.381 e. The summed E-state index contributed by atoms with van der Waals surface area (Å²) in [4.78, 5) is 48.1. The molecule has 0 bridgehead atoms. The molecule has 4 amide bonds. The number of halogens is 4. The van der Waals surface area contributed by atoms with Gasteiger partial charge in [-0.05, 0) is 25.1 Å². The molecular formula is C21H17ClF3N7O4. The molecule has 3 aliphatic heterocycles. The fraction of sp³-hybridized carbons (Fsp3) is 0.286. The van der Waals surface area contributed by atoms with Crippen molar-refractivity contribution in [3.05, 3.63) is 53.2 Å². The van der Waals surface area contributed by atoms with E-state index in [0.29, 0.717) is 23.0 Å². The Kier molecular flexibility index (Phi) is 5.33. The third-order valence-corrected chi connectivity index (χ3v) is 6.24. The highest BCUT2D eigenvalue weighted by Crippen LogP contribution is 2.38. The van der Waals surface area contributed by atoms with E-state index in [4.69, 9.17) is 16.4 Å². The third kappa shape index (κ3) is 3.60. The van der Waals surface area contributed by atoms with Crippen molar-refractivity contribution >= 4 is 46.7 Å². The Balaban J connectivity index is 1.41. The maximum absolute atomic E-state index is 13.4. The lowest BCUT2D eigenvalue weighted by atomic mass is 9.91. The van der Waals surface area contributed by atoms with Gasteiger partial charge in [0.05, 0.1) is 16.3 Å². The molecule has 5 rings (SSSR count). The van der Waals surface area contributed by atoms with E-state index < -0.39 is 52.3 Å². The Morgan fingerprint density at radius 2 is 1.86 bits per heavy atom. The number of pyridine rings is 1. The van der Waals surface area contributed by atoms with Crippen molar-refractivity contribution in [1.82, 2.24) is 20.7 Å². The van der Waals surface area contributed by atoms with Crippen LogP contribution in [0.5, 0.6) is 0 Å². The summed E-state index contributed by atoms with van der Waals surface area (Å²) in [5, 5.41) is 9.06. The maximum atomic E-state index is 13.4. The van der Waals surface area contributed by atoms with Crippen molar-refractivity contribution in [3.8, 4) is 0 Å². The number of nitrogens with one attached hydrogen (secondary N) is 2. The van der Waals surface area contributed by atoms with Gasteiger partial charge in [0.1, 0.15) is 11.6 Å². The number of anilines is 2. The van der Waals surface area contributed by atoms with Crippen molar-refractivity contribution in [3.63, 3.8) is 0 Å². The Hall–Kier alpha value is -3.91. The third-order valence-electron chi connectivity index (χ3n) is 5.97. The predicted octanol–water partition coefficient (Wildman–Crippen LogP) is 2.30. The molecule has 4 heterocycles. The maximum Gasteiger partial charge on any atom is 0.417 e. The molecule has 3 aliphatic rings. The first-order valence-corrected chi connectivity index (χ1v) is 10.8. The number of aromatic nitrogens is 1. The van der Waals surface area contributed by atoms with Crippen LogP contribution in [-0.4, -0.2) is 52.4 Å². The second-order valence-corrected chi connectivity index (χ2v) is 8.76. The highest BCUT2D eigenvalue weighted by Gasteiger charge is 2.62. The monoisotopic (exact) mass is 523 g/mol. The fourth-order valence-corrected chi connectivity index (χ4v) is 4.53. The normalized spacial score (nSPS) is 25.6. The molecule has 2 saturated heterocycles. The van der Waals surface area contributed by atoms with Crippen LogP contribution in [0.2, 0.25) is 5.02 Å². The number of imide groups is 1. The van der Waals surface area contributed by atoms with E-state index in [0.717, 1.165) is 5.01 Å². The van der Waals surface area contributed by atoms with Crippen LogP contribution in [0.15, 0.2) is 47.8 Å². The standard InChI is InChI=1S/C21H17ClF3N7O4/c1-20(27-19(35)31(29-20)11-6-4-3-5-7-11)15-13-14(36-28-15)18(34)32(17(13)33)30(2)16-12(22)8-10(9-26-16)21(23,24)25/h3-9,13-14,29H,1-2H3,(H,27,35)/t13-,14+,20+/m1/s1. The average Bonchev–Trinajstić information content (AvgIpc) is 3.47. The molecule has 1 aromatic carbocycles. The summed E-state index contributed by atoms with van der Waals surface area (Å²) in [6.07, 6.45) is -5.47. The van der Waals surface area contributed by atoms with E-state index in [9.17, 15) is 27.6 Å². The highest BCUT2D eigenvalue weighted by molar-refractivity contribution is 6.33. The van der Waals surface area contributed by atoms with E-state index in [1.54, 1.807) is 37.3 Å². The molecule has 1 aromatic heterocycles. The summed E-state index contributed by atoms with van der Waals surface area (Å²) in [5.74, 6) is -3.07. The number of oxime groups is 1. The van der Waals surface area contributed by atoms with Crippen molar-refractivity contribution in [2.75, 3.05) is 17.1 Å². The van der Waals surface area contributed by atoms with E-state index in [2.05, 4.69) is 20.9 Å². The van der Waals surface area contributed by atoms with Crippen LogP contribution in [0.3, 0.4) is 0 Å². The Morgan fingerprint density at radius 3 is 2.50 bits per heavy atom. The summed E-state index contributed by atoms with van der Waals surface area (Å²) >= 11 is 6.00. The van der Waals surface area contributed by atoms with Gasteiger partial charge in [-0.3, -0.25) is 14.6 Å². The molecule has 11 nitrogen and oxygen atoms in total. The summed E-state index contributed by atoms with van der Waals surface area (Å²) in [7, 11) is 1.25. The number of fused-ring (bicyclic) bond motifs is 1. The Bertz CT molecular complexity index is 1310. The topological polar surface area (TPSA) is 119 Å². The number of benzene rings is 1. The second kappa shape index (κ2) is 8.06. The zero-order valence-corrected chi connectivity index (χ0v) is 19.3. The first kappa shape index (κ1) is 23.8. The first-order chi connectivity index (χ1) is 16.9. The first-order valence-electron chi connectivity index (χ1n) is 10.5. The number of rotatable bonds is 4. The van der Waals surface area contributed by atoms with E-state index in [1.165, 1.54) is 12.1 Å². The summed E-state index contributed by atoms with van der Waals surface area (Å²) in [5.41, 5.74) is 1.04. The summed E-state index contributed by atoms with van der Waals surface area (Å²) in [6.45, 7) is 1.55. The number of hydrogen-bond donors (Lipinski definition) is 2. The summed E-state index contributed by atoms with van der Waals surface area (Å²) in [6, 6.07) is 8.75. The van der Waals surface area contributed by atoms with Gasteiger partial charge in [-0.25, -0.2) is 14.8 Å². The van der Waals surface area contributed by atoms with Crippen LogP contribution >= 0.6 is 11.6 Å². The second-order valence-electron chi connectivity index (χ2n) is 8.36. The lowest BCUT2D eigenvalue weighted by Gasteiger charge is -2.29. The number of hydrazine groups is 2. The molecule has 0 spiro atoms. The molecular weight excluding hydrogens is 507 g/mol. The molecule has 3 atom stereocenters. The molecule has 2 aromatic rings. The van der Waals surface area contributed by atoms with E-state index in [1.807, 2.05) is 0 Å². The number of carbonyl (C=O) groups is 3. The minimum atomic E-state index is -4.68. The number of amides is 4. The average molecular weight is 524 g/mol. The molecule has 0 aliphatic carbocycles. The lowest BCUT2D eigenvalue weighted by Crippen LogP contribution is -2.58. The molecule has 2 N–H and O–H groups in total. The largest absolute Gasteiger partial charge is 0.417 e. The van der Waals surface area contributed by atoms with Crippen molar-refractivity contribution in [1.29, 1.82) is 0 Å². The quantitative estimate of drug-likeness (QED) is 0.590. The van der Waals surface area contributed by atoms with Crippen LogP contribution in [0, 0.1) is 5.92 Å². The number of carbonyl (C=O) groups excluding carboxylic acids is 3. The lowest BCUT2D eigenvalue weighted by molar-refractivity contribution is -0.143. The van der Waals surface area contributed by atoms with Gasteiger partial charge in [0.15, 0.2) is 11.5 Å². The zero-order valence-electron chi connectivity index (χ0n) is 18.6. The van der Waals surface area contributed by atoms with E-state index in [-0.39, 0.29) is 11.5 Å². The molecule has 15 heteroatoms. The van der Waals surface area contributed by atoms with Gasteiger partial charge in [0.25, 0.3) is 11.8 Å². The van der Waals surface area contributed by atoms with Crippen LogP contribution in [0.4, 0.5) is 29.5 Å². The van der Waals surface area contributed by atoms with Crippen LogP contribution < -0.4 is 20.8 Å². The molecule has 2 fully saturated rings. The van der Waals surface area contributed by atoms with Crippen LogP contribution in [-0.2, 0) is 20.6 Å². The molecule has 36 heavy (non-hydrogen) atoms. The number of urea groups is 1. The minimum absolute atomic E-state index is 0.0417. The molecule has 0 saturated carbocycles. The van der Waals surface area contributed by atoms with Gasteiger partial charge >= 0.3 is 12.2 Å². The van der Waals surface area contributed by atoms with Crippen molar-refractivity contribution in [2.24, 2.45) is 11.1 Å². The Labute approximate surface area is 206 Å². The van der Waals surface area contributed by atoms with Gasteiger partial charge < -0.3 is 10.2 Å². The van der Waals surface area contributed by atoms with Crippen molar-refractivity contribution < 1.29 is 32.4 Å². The summed E-state index contributed by atoms with van der Waals surface area (Å²) < 4.78 is 38.9. The predicted molar refractivity (Wildman–Crippen MR) is 119 cm³/mol. The molecule has 188 valence electrons. The van der Waals surface area contributed by atoms with E-state index >= 15 is 0 Å². The number of nitrogens with zero attached hydrogens (tertiary/aromatic N) is 5. The fourth-order valence-electron chi connectivity index (χ4n) is 4.24. The van der Waals surface area contributed by atoms with Gasteiger partial charge in [0.2, 0.25) is 6.10 Å². The minimum Gasteiger partial charge on any atom is -0.381 e. The van der Waals surface area contributed by atoms with Crippen molar-refractivity contribution in [2.45, 2.75) is 24.9 Å². The number of alkyl halides is 3. The molecule has 0 unspecified atom stereocenters. The van der Waals surface area contributed by atoms with Gasteiger partial charge in [0, 0.05) is 13.2 Å². The number of hydrogen-bond acceptors (Lipinski definition) is 8. The Morgan fingerprint density at radius 1 is 1.17 bits per heavy atom. The van der Waals surface area contributed by atoms with Gasteiger partial charge in [-0.15, -0.1) is 0 Å².